The summed E-state index contributed by atoms with van der Waals surface area (Å²) in [7, 11) is 0. The largest absolute Gasteiger partial charge is 0.271 e. The summed E-state index contributed by atoms with van der Waals surface area (Å²) in [4.78, 5) is 17.1. The number of fused-ring (bicyclic) bond motifs is 1. The van der Waals surface area contributed by atoms with Crippen LogP contribution in [-0.4, -0.2) is 17.1 Å². The predicted octanol–water partition coefficient (Wildman–Crippen LogP) is 6.28. The van der Waals surface area contributed by atoms with E-state index in [1.807, 2.05) is 56.3 Å². The maximum atomic E-state index is 12.4. The average Bonchev–Trinajstić information content (AvgIpc) is 3.17. The van der Waals surface area contributed by atoms with Crippen LogP contribution in [0, 0.1) is 20.8 Å². The molecule has 4 rings (SSSR count). The van der Waals surface area contributed by atoms with Crippen molar-refractivity contribution in [1.29, 1.82) is 0 Å². The highest BCUT2D eigenvalue weighted by atomic mass is 32.2. The van der Waals surface area contributed by atoms with E-state index in [1.165, 1.54) is 10.3 Å². The zero-order chi connectivity index (χ0) is 21.8. The van der Waals surface area contributed by atoms with Crippen LogP contribution in [-0.2, 0) is 5.75 Å². The Morgan fingerprint density at radius 3 is 2.48 bits per heavy atom. The first kappa shape index (κ1) is 21.3. The molecule has 1 heterocycles. The number of rotatable bonds is 6. The molecular weight excluding hydrogens is 422 g/mol. The van der Waals surface area contributed by atoms with Crippen molar-refractivity contribution in [2.45, 2.75) is 30.9 Å². The van der Waals surface area contributed by atoms with Gasteiger partial charge in [-0.3, -0.25) is 4.79 Å². The van der Waals surface area contributed by atoms with Crippen LogP contribution in [0.5, 0.6) is 0 Å². The molecule has 0 saturated heterocycles. The van der Waals surface area contributed by atoms with E-state index in [0.717, 1.165) is 37.9 Å². The monoisotopic (exact) mass is 445 g/mol. The quantitative estimate of drug-likeness (QED) is 0.216. The molecule has 0 fully saturated rings. The van der Waals surface area contributed by atoms with Crippen molar-refractivity contribution in [3.05, 3.63) is 94.0 Å². The molecule has 1 amide bonds. The average molecular weight is 446 g/mol. The fraction of sp³-hybridized carbons (Fsp3) is 0.160. The first-order chi connectivity index (χ1) is 15.0. The fourth-order valence-corrected chi connectivity index (χ4v) is 5.45. The van der Waals surface area contributed by atoms with E-state index in [1.54, 1.807) is 29.3 Å². The number of thiazole rings is 1. The third-order valence-electron chi connectivity index (χ3n) is 4.95. The van der Waals surface area contributed by atoms with Crippen molar-refractivity contribution in [1.82, 2.24) is 10.4 Å². The number of aryl methyl sites for hydroxylation is 3. The van der Waals surface area contributed by atoms with Crippen molar-refractivity contribution in [2.75, 3.05) is 0 Å². The van der Waals surface area contributed by atoms with Crippen LogP contribution in [0.1, 0.15) is 38.2 Å². The summed E-state index contributed by atoms with van der Waals surface area (Å²) in [6.07, 6.45) is 1.71. The highest BCUT2D eigenvalue weighted by Gasteiger charge is 2.07. The number of amides is 1. The minimum atomic E-state index is -0.218. The molecule has 31 heavy (non-hydrogen) atoms. The molecule has 0 atom stereocenters. The van der Waals surface area contributed by atoms with Crippen molar-refractivity contribution in [3.8, 4) is 0 Å². The van der Waals surface area contributed by atoms with Crippen LogP contribution in [0.3, 0.4) is 0 Å². The minimum Gasteiger partial charge on any atom is -0.267 e. The third-order valence-corrected chi connectivity index (χ3v) is 7.20. The van der Waals surface area contributed by atoms with Crippen molar-refractivity contribution in [3.63, 3.8) is 0 Å². The normalized spacial score (nSPS) is 11.3. The Balaban J connectivity index is 1.34. The van der Waals surface area contributed by atoms with E-state index < -0.39 is 0 Å². The lowest BCUT2D eigenvalue weighted by molar-refractivity contribution is 0.0955. The molecule has 156 valence electrons. The van der Waals surface area contributed by atoms with E-state index in [4.69, 9.17) is 0 Å². The van der Waals surface area contributed by atoms with Gasteiger partial charge in [0.2, 0.25) is 0 Å². The van der Waals surface area contributed by atoms with Gasteiger partial charge in [-0.1, -0.05) is 53.7 Å². The molecule has 1 N–H and O–H groups in total. The lowest BCUT2D eigenvalue weighted by Crippen LogP contribution is -2.17. The number of para-hydroxylation sites is 1. The number of hydrogen-bond acceptors (Lipinski definition) is 5. The van der Waals surface area contributed by atoms with E-state index in [2.05, 4.69) is 40.6 Å². The van der Waals surface area contributed by atoms with Gasteiger partial charge >= 0.3 is 0 Å². The van der Waals surface area contributed by atoms with E-state index in [0.29, 0.717) is 5.56 Å². The first-order valence-corrected chi connectivity index (χ1v) is 11.8. The molecule has 4 nitrogen and oxygen atoms in total. The lowest BCUT2D eigenvalue weighted by Gasteiger charge is -2.07. The van der Waals surface area contributed by atoms with Crippen molar-refractivity contribution in [2.24, 2.45) is 5.10 Å². The summed E-state index contributed by atoms with van der Waals surface area (Å²) in [6, 6.07) is 20.0. The molecule has 0 aliphatic heterocycles. The number of thioether (sulfide) groups is 1. The number of nitrogens with zero attached hydrogens (tertiary/aromatic N) is 2. The van der Waals surface area contributed by atoms with Crippen molar-refractivity contribution < 1.29 is 4.79 Å². The Morgan fingerprint density at radius 1 is 1.06 bits per heavy atom. The van der Waals surface area contributed by atoms with Crippen LogP contribution >= 0.6 is 23.1 Å². The molecule has 0 saturated carbocycles. The summed E-state index contributed by atoms with van der Waals surface area (Å²) in [5, 5.41) is 4.15. The standard InChI is InChI=1S/C25H23N3OS2/c1-16-12-17(2)21(18(3)13-16)14-26-28-24(29)20-10-8-19(9-11-20)15-30-25-27-22-6-4-5-7-23(22)31-25/h4-14H,15H2,1-3H3,(H,28,29). The molecule has 0 aliphatic carbocycles. The Bertz CT molecular complexity index is 1200. The maximum Gasteiger partial charge on any atom is 0.271 e. The zero-order valence-corrected chi connectivity index (χ0v) is 19.3. The van der Waals surface area contributed by atoms with Gasteiger partial charge < -0.3 is 0 Å². The van der Waals surface area contributed by atoms with Gasteiger partial charge in [-0.2, -0.15) is 5.10 Å². The summed E-state index contributed by atoms with van der Waals surface area (Å²) in [5.41, 5.74) is 9.94. The number of aromatic nitrogens is 1. The molecular formula is C25H23N3OS2. The van der Waals surface area contributed by atoms with Gasteiger partial charge in [-0.05, 0) is 61.7 Å². The van der Waals surface area contributed by atoms with Crippen LogP contribution < -0.4 is 5.43 Å². The number of hydrazone groups is 1. The molecule has 0 bridgehead atoms. The predicted molar refractivity (Wildman–Crippen MR) is 131 cm³/mol. The molecule has 3 aromatic carbocycles. The Kier molecular flexibility index (Phi) is 6.49. The topological polar surface area (TPSA) is 54.4 Å². The fourth-order valence-electron chi connectivity index (χ4n) is 3.43. The number of carbonyl (C=O) groups is 1. The Hall–Kier alpha value is -2.96. The van der Waals surface area contributed by atoms with E-state index in [9.17, 15) is 4.79 Å². The van der Waals surface area contributed by atoms with Gasteiger partial charge in [-0.15, -0.1) is 11.3 Å². The van der Waals surface area contributed by atoms with Gasteiger partial charge in [0.1, 0.15) is 0 Å². The molecule has 0 unspecified atom stereocenters. The lowest BCUT2D eigenvalue weighted by atomic mass is 10.0. The highest BCUT2D eigenvalue weighted by Crippen LogP contribution is 2.31. The highest BCUT2D eigenvalue weighted by molar-refractivity contribution is 8.00. The summed E-state index contributed by atoms with van der Waals surface area (Å²) in [6.45, 7) is 6.17. The zero-order valence-electron chi connectivity index (χ0n) is 17.7. The van der Waals surface area contributed by atoms with Gasteiger partial charge in [0, 0.05) is 16.9 Å². The molecule has 0 spiro atoms. The second-order valence-corrected chi connectivity index (χ2v) is 9.70. The summed E-state index contributed by atoms with van der Waals surface area (Å²) < 4.78 is 2.26. The summed E-state index contributed by atoms with van der Waals surface area (Å²) >= 11 is 3.42. The Labute approximate surface area is 190 Å². The first-order valence-electron chi connectivity index (χ1n) is 9.98. The number of hydrogen-bond donors (Lipinski definition) is 1. The van der Waals surface area contributed by atoms with Crippen LogP contribution in [0.2, 0.25) is 0 Å². The van der Waals surface area contributed by atoms with Crippen molar-refractivity contribution >= 4 is 45.4 Å². The van der Waals surface area contributed by atoms with Gasteiger partial charge in [0.05, 0.1) is 16.4 Å². The molecule has 6 heteroatoms. The molecule has 4 aromatic rings. The molecule has 0 radical (unpaired) electrons. The number of carbonyl (C=O) groups excluding carboxylic acids is 1. The number of nitrogens with one attached hydrogen (secondary N) is 1. The summed E-state index contributed by atoms with van der Waals surface area (Å²) in [5.74, 6) is 0.593. The second kappa shape index (κ2) is 9.45. The van der Waals surface area contributed by atoms with Gasteiger partial charge in [-0.25, -0.2) is 10.4 Å². The maximum absolute atomic E-state index is 12.4. The molecule has 0 aliphatic rings. The SMILES string of the molecule is Cc1cc(C)c(C=NNC(=O)c2ccc(CSc3nc4ccccc4s3)cc2)c(C)c1. The van der Waals surface area contributed by atoms with Crippen LogP contribution in [0.25, 0.3) is 10.2 Å². The third kappa shape index (κ3) is 5.21. The van der Waals surface area contributed by atoms with Gasteiger partial charge in [0.25, 0.3) is 5.91 Å². The van der Waals surface area contributed by atoms with E-state index >= 15 is 0 Å². The second-order valence-electron chi connectivity index (χ2n) is 7.44. The van der Waals surface area contributed by atoms with E-state index in [-0.39, 0.29) is 5.91 Å². The van der Waals surface area contributed by atoms with Crippen LogP contribution in [0.15, 0.2) is 70.1 Å². The van der Waals surface area contributed by atoms with Gasteiger partial charge in [0.15, 0.2) is 4.34 Å². The Morgan fingerprint density at radius 2 is 1.77 bits per heavy atom. The smallest absolute Gasteiger partial charge is 0.267 e. The van der Waals surface area contributed by atoms with Crippen LogP contribution in [0.4, 0.5) is 0 Å². The minimum absolute atomic E-state index is 0.218. The molecule has 1 aromatic heterocycles. The number of benzene rings is 3.